The monoisotopic (exact) mass is 237 g/mol. The number of aromatic nitrogens is 1. The Balaban J connectivity index is 1.85. The van der Waals surface area contributed by atoms with Crippen molar-refractivity contribution in [3.63, 3.8) is 0 Å². The molecule has 0 spiro atoms. The van der Waals surface area contributed by atoms with Gasteiger partial charge in [-0.15, -0.1) is 0 Å². The zero-order valence-corrected chi connectivity index (χ0v) is 10.5. The van der Waals surface area contributed by atoms with Crippen molar-refractivity contribution in [1.82, 2.24) is 4.98 Å². The largest absolute Gasteiger partial charge is 0.370 e. The van der Waals surface area contributed by atoms with Crippen LogP contribution in [0.15, 0.2) is 18.2 Å². The van der Waals surface area contributed by atoms with Gasteiger partial charge in [0.2, 0.25) is 0 Å². The van der Waals surface area contributed by atoms with Crippen LogP contribution in [0.25, 0.3) is 0 Å². The second-order valence-electron chi connectivity index (χ2n) is 4.05. The Labute approximate surface area is 101 Å². The fraction of sp³-hybridized carbons (Fsp3) is 0.583. The number of hydrogen-bond donors (Lipinski definition) is 2. The molecule has 88 valence electrons. The predicted molar refractivity (Wildman–Crippen MR) is 72.3 cm³/mol. The average molecular weight is 237 g/mol. The molecule has 2 N–H and O–H groups in total. The van der Waals surface area contributed by atoms with Crippen LogP contribution in [0.5, 0.6) is 0 Å². The standard InChI is InChI=1S/C12H19N3S/c1-2-13-11-4-3-5-12(15-11)14-8-10-6-7-16-9-10/h3-5,10H,2,6-9H2,1H3,(H2,13,14,15). The van der Waals surface area contributed by atoms with E-state index in [1.54, 1.807) is 0 Å². The molecule has 0 radical (unpaired) electrons. The Morgan fingerprint density at radius 2 is 2.19 bits per heavy atom. The van der Waals surface area contributed by atoms with E-state index >= 15 is 0 Å². The van der Waals surface area contributed by atoms with Crippen LogP contribution in [0.3, 0.4) is 0 Å². The number of hydrogen-bond acceptors (Lipinski definition) is 4. The summed E-state index contributed by atoms with van der Waals surface area (Å²) in [5, 5.41) is 6.64. The van der Waals surface area contributed by atoms with Crippen LogP contribution in [0, 0.1) is 5.92 Å². The number of anilines is 2. The van der Waals surface area contributed by atoms with Gasteiger partial charge in [-0.2, -0.15) is 11.8 Å². The van der Waals surface area contributed by atoms with Crippen molar-refractivity contribution in [3.8, 4) is 0 Å². The minimum absolute atomic E-state index is 0.814. The van der Waals surface area contributed by atoms with Gasteiger partial charge >= 0.3 is 0 Å². The molecule has 1 fully saturated rings. The SMILES string of the molecule is CCNc1cccc(NCC2CCSC2)n1. The molecular weight excluding hydrogens is 218 g/mol. The van der Waals surface area contributed by atoms with Crippen LogP contribution in [0.1, 0.15) is 13.3 Å². The van der Waals surface area contributed by atoms with Gasteiger partial charge in [0, 0.05) is 13.1 Å². The van der Waals surface area contributed by atoms with Gasteiger partial charge in [0.1, 0.15) is 11.6 Å². The van der Waals surface area contributed by atoms with E-state index in [2.05, 4.69) is 34.3 Å². The molecule has 1 aromatic heterocycles. The number of thioether (sulfide) groups is 1. The summed E-state index contributed by atoms with van der Waals surface area (Å²) in [5.41, 5.74) is 0. The Kier molecular flexibility index (Phi) is 4.34. The highest BCUT2D eigenvalue weighted by molar-refractivity contribution is 7.99. The van der Waals surface area contributed by atoms with Gasteiger partial charge in [0.05, 0.1) is 0 Å². The summed E-state index contributed by atoms with van der Waals surface area (Å²) in [5.74, 6) is 5.36. The molecule has 1 aliphatic heterocycles. The minimum Gasteiger partial charge on any atom is -0.370 e. The van der Waals surface area contributed by atoms with E-state index < -0.39 is 0 Å². The molecule has 16 heavy (non-hydrogen) atoms. The predicted octanol–water partition coefficient (Wildman–Crippen LogP) is 2.68. The molecular formula is C12H19N3S. The van der Waals surface area contributed by atoms with E-state index in [0.717, 1.165) is 30.6 Å². The van der Waals surface area contributed by atoms with Crippen LogP contribution in [0.4, 0.5) is 11.6 Å². The van der Waals surface area contributed by atoms with Crippen molar-refractivity contribution < 1.29 is 0 Å². The summed E-state index contributed by atoms with van der Waals surface area (Å²) in [7, 11) is 0. The average Bonchev–Trinajstić information content (AvgIpc) is 2.80. The number of nitrogens with one attached hydrogen (secondary N) is 2. The highest BCUT2D eigenvalue weighted by atomic mass is 32.2. The lowest BCUT2D eigenvalue weighted by Crippen LogP contribution is -2.14. The Morgan fingerprint density at radius 3 is 2.88 bits per heavy atom. The molecule has 3 nitrogen and oxygen atoms in total. The third-order valence-electron chi connectivity index (χ3n) is 2.70. The molecule has 2 heterocycles. The second kappa shape index (κ2) is 5.99. The van der Waals surface area contributed by atoms with Crippen LogP contribution in [-0.4, -0.2) is 29.6 Å². The first-order chi connectivity index (χ1) is 7.88. The van der Waals surface area contributed by atoms with Gasteiger partial charge < -0.3 is 10.6 Å². The smallest absolute Gasteiger partial charge is 0.128 e. The van der Waals surface area contributed by atoms with Gasteiger partial charge in [-0.05, 0) is 42.9 Å². The van der Waals surface area contributed by atoms with Gasteiger partial charge in [0.25, 0.3) is 0 Å². The summed E-state index contributed by atoms with van der Waals surface area (Å²) in [6.45, 7) is 4.04. The van der Waals surface area contributed by atoms with Crippen molar-refractivity contribution in [2.75, 3.05) is 35.2 Å². The molecule has 0 amide bonds. The lowest BCUT2D eigenvalue weighted by atomic mass is 10.1. The maximum atomic E-state index is 4.49. The third kappa shape index (κ3) is 3.30. The van der Waals surface area contributed by atoms with E-state index in [-0.39, 0.29) is 0 Å². The molecule has 0 aromatic carbocycles. The van der Waals surface area contributed by atoms with Gasteiger partial charge in [-0.1, -0.05) is 6.07 Å². The minimum atomic E-state index is 0.814. The highest BCUT2D eigenvalue weighted by Gasteiger charge is 2.14. The number of nitrogens with zero attached hydrogens (tertiary/aromatic N) is 1. The fourth-order valence-electron chi connectivity index (χ4n) is 1.81. The van der Waals surface area contributed by atoms with Crippen molar-refractivity contribution in [2.45, 2.75) is 13.3 Å². The van der Waals surface area contributed by atoms with E-state index in [0.29, 0.717) is 0 Å². The van der Waals surface area contributed by atoms with E-state index in [4.69, 9.17) is 0 Å². The molecule has 1 unspecified atom stereocenters. The lowest BCUT2D eigenvalue weighted by Gasteiger charge is -2.11. The van der Waals surface area contributed by atoms with Crippen molar-refractivity contribution >= 4 is 23.4 Å². The van der Waals surface area contributed by atoms with Gasteiger partial charge in [-0.25, -0.2) is 4.98 Å². The Bertz CT molecular complexity index is 324. The van der Waals surface area contributed by atoms with Crippen molar-refractivity contribution in [3.05, 3.63) is 18.2 Å². The maximum absolute atomic E-state index is 4.49. The van der Waals surface area contributed by atoms with Crippen molar-refractivity contribution in [2.24, 2.45) is 5.92 Å². The quantitative estimate of drug-likeness (QED) is 0.825. The summed E-state index contributed by atoms with van der Waals surface area (Å²) >= 11 is 2.06. The molecule has 1 saturated heterocycles. The number of rotatable bonds is 5. The summed E-state index contributed by atoms with van der Waals surface area (Å²) < 4.78 is 0. The maximum Gasteiger partial charge on any atom is 0.128 e. The second-order valence-corrected chi connectivity index (χ2v) is 5.20. The van der Waals surface area contributed by atoms with Crippen LogP contribution in [0.2, 0.25) is 0 Å². The number of pyridine rings is 1. The lowest BCUT2D eigenvalue weighted by molar-refractivity contribution is 0.630. The van der Waals surface area contributed by atoms with Crippen LogP contribution < -0.4 is 10.6 Å². The molecule has 1 aromatic rings. The van der Waals surface area contributed by atoms with E-state index in [1.165, 1.54) is 17.9 Å². The van der Waals surface area contributed by atoms with E-state index in [1.807, 2.05) is 18.2 Å². The zero-order valence-electron chi connectivity index (χ0n) is 9.70. The van der Waals surface area contributed by atoms with Gasteiger partial charge in [0.15, 0.2) is 0 Å². The third-order valence-corrected chi connectivity index (χ3v) is 3.93. The van der Waals surface area contributed by atoms with Crippen LogP contribution >= 0.6 is 11.8 Å². The Hall–Kier alpha value is -0.900. The molecule has 0 aliphatic carbocycles. The zero-order chi connectivity index (χ0) is 11.2. The molecule has 2 rings (SSSR count). The molecule has 1 aliphatic rings. The summed E-state index contributed by atoms with van der Waals surface area (Å²) in [6, 6.07) is 6.07. The van der Waals surface area contributed by atoms with E-state index in [9.17, 15) is 0 Å². The van der Waals surface area contributed by atoms with Crippen LogP contribution in [-0.2, 0) is 0 Å². The molecule has 0 bridgehead atoms. The fourth-order valence-corrected chi connectivity index (χ4v) is 3.09. The molecule has 1 atom stereocenters. The van der Waals surface area contributed by atoms with Crippen molar-refractivity contribution in [1.29, 1.82) is 0 Å². The Morgan fingerprint density at radius 1 is 1.38 bits per heavy atom. The highest BCUT2D eigenvalue weighted by Crippen LogP contribution is 2.23. The molecule has 4 heteroatoms. The molecule has 0 saturated carbocycles. The first-order valence-electron chi connectivity index (χ1n) is 5.91. The summed E-state index contributed by atoms with van der Waals surface area (Å²) in [6.07, 6.45) is 1.34. The first kappa shape index (κ1) is 11.6. The van der Waals surface area contributed by atoms with Gasteiger partial charge in [-0.3, -0.25) is 0 Å². The normalized spacial score (nSPS) is 19.7. The first-order valence-corrected chi connectivity index (χ1v) is 7.06. The summed E-state index contributed by atoms with van der Waals surface area (Å²) in [4.78, 5) is 4.49. The topological polar surface area (TPSA) is 37.0 Å².